The third-order valence-electron chi connectivity index (χ3n) is 0.914. The van der Waals surface area contributed by atoms with Crippen molar-refractivity contribution in [2.24, 2.45) is 0 Å². The van der Waals surface area contributed by atoms with Crippen LogP contribution in [-0.2, 0) is 25.2 Å². The van der Waals surface area contributed by atoms with Crippen molar-refractivity contribution >= 4 is 11.6 Å². The molecule has 0 aliphatic rings. The van der Waals surface area contributed by atoms with Crippen LogP contribution in [0.4, 0.5) is 0 Å². The van der Waals surface area contributed by atoms with Crippen molar-refractivity contribution in [2.75, 3.05) is 0 Å². The van der Waals surface area contributed by atoms with Crippen molar-refractivity contribution in [3.8, 4) is 5.75 Å². The Balaban J connectivity index is 2.94. The average molecular weight is 219 g/mol. The summed E-state index contributed by atoms with van der Waals surface area (Å²) in [5, 5.41) is 0.718. The minimum absolute atomic E-state index is 0.718. The molecule has 45 valence electrons. The number of rotatable bonds is 1. The molecule has 0 radical (unpaired) electrons. The summed E-state index contributed by atoms with van der Waals surface area (Å²) in [7, 11) is 0. The second-order valence-corrected chi connectivity index (χ2v) is 2.50. The van der Waals surface area contributed by atoms with Crippen LogP contribution in [-0.4, -0.2) is 0 Å². The Morgan fingerprint density at radius 2 is 2.22 bits per heavy atom. The summed E-state index contributed by atoms with van der Waals surface area (Å²) in [6.45, 7) is 0. The van der Waals surface area contributed by atoms with Gasteiger partial charge in [0.25, 0.3) is 0 Å². The van der Waals surface area contributed by atoms with Gasteiger partial charge in [0.2, 0.25) is 0 Å². The van der Waals surface area contributed by atoms with Crippen LogP contribution < -0.4 is 2.81 Å². The van der Waals surface area contributed by atoms with Crippen LogP contribution in [0.3, 0.4) is 0 Å². The zero-order valence-electron chi connectivity index (χ0n) is 4.60. The van der Waals surface area contributed by atoms with E-state index in [2.05, 4.69) is 0 Å². The molecule has 0 aliphatic carbocycles. The van der Waals surface area contributed by atoms with Crippen molar-refractivity contribution in [3.63, 3.8) is 0 Å². The Morgan fingerprint density at radius 1 is 1.44 bits per heavy atom. The SMILES string of the molecule is Clc1cccc([O][Zr])c1. The molecule has 0 N–H and O–H groups in total. The molecule has 1 nitrogen and oxygen atoms in total. The minimum atomic E-state index is 0.718. The van der Waals surface area contributed by atoms with Gasteiger partial charge < -0.3 is 0 Å². The van der Waals surface area contributed by atoms with E-state index >= 15 is 0 Å². The molecule has 3 heteroatoms. The van der Waals surface area contributed by atoms with E-state index in [9.17, 15) is 0 Å². The third kappa shape index (κ3) is 2.11. The number of hydrogen-bond acceptors (Lipinski definition) is 1. The van der Waals surface area contributed by atoms with E-state index in [4.69, 9.17) is 14.4 Å². The Labute approximate surface area is 74.4 Å². The average Bonchev–Trinajstić information content (AvgIpc) is 1.88. The molecule has 1 aromatic rings. The molecule has 0 unspecified atom stereocenters. The van der Waals surface area contributed by atoms with Gasteiger partial charge in [0.1, 0.15) is 0 Å². The fraction of sp³-hybridized carbons (Fsp3) is 0. The van der Waals surface area contributed by atoms with Crippen LogP contribution in [0, 0.1) is 0 Å². The zero-order chi connectivity index (χ0) is 6.69. The van der Waals surface area contributed by atoms with E-state index in [-0.39, 0.29) is 0 Å². The summed E-state index contributed by atoms with van der Waals surface area (Å²) in [5.74, 6) is 0.834. The van der Waals surface area contributed by atoms with E-state index in [1.807, 2.05) is 18.2 Å². The molecule has 0 spiro atoms. The van der Waals surface area contributed by atoms with Gasteiger partial charge in [-0.2, -0.15) is 0 Å². The predicted molar refractivity (Wildman–Crippen MR) is 32.1 cm³/mol. The van der Waals surface area contributed by atoms with Gasteiger partial charge >= 0.3 is 74.6 Å². The third-order valence-corrected chi connectivity index (χ3v) is 1.73. The molecular weight excluding hydrogens is 215 g/mol. The van der Waals surface area contributed by atoms with E-state index < -0.39 is 0 Å². The van der Waals surface area contributed by atoms with Gasteiger partial charge in [0.15, 0.2) is 0 Å². The van der Waals surface area contributed by atoms with Crippen LogP contribution in [0.5, 0.6) is 5.75 Å². The molecule has 9 heavy (non-hydrogen) atoms. The number of halogens is 1. The molecular formula is C6H4ClOZr. The number of hydrogen-bond donors (Lipinski definition) is 0. The van der Waals surface area contributed by atoms with Crippen molar-refractivity contribution in [3.05, 3.63) is 29.3 Å². The van der Waals surface area contributed by atoms with Crippen molar-refractivity contribution < 1.29 is 28.0 Å². The summed E-state index contributed by atoms with van der Waals surface area (Å²) in [6, 6.07) is 7.35. The van der Waals surface area contributed by atoms with Crippen molar-refractivity contribution in [1.82, 2.24) is 0 Å². The molecule has 0 bridgehead atoms. The Bertz CT molecular complexity index is 202. The second-order valence-electron chi connectivity index (χ2n) is 1.56. The molecule has 1 rings (SSSR count). The first kappa shape index (κ1) is 7.30. The van der Waals surface area contributed by atoms with Crippen molar-refractivity contribution in [2.45, 2.75) is 0 Å². The van der Waals surface area contributed by atoms with Crippen LogP contribution in [0.15, 0.2) is 24.3 Å². The zero-order valence-corrected chi connectivity index (χ0v) is 7.81. The molecule has 0 saturated heterocycles. The Morgan fingerprint density at radius 3 is 2.67 bits per heavy atom. The summed E-state index contributed by atoms with van der Waals surface area (Å²) >= 11 is 6.69. The quantitative estimate of drug-likeness (QED) is 0.702. The normalized spacial score (nSPS) is 8.89. The molecule has 0 fully saturated rings. The van der Waals surface area contributed by atoms with E-state index in [0.29, 0.717) is 0 Å². The summed E-state index contributed by atoms with van der Waals surface area (Å²) in [4.78, 5) is 0. The van der Waals surface area contributed by atoms with Gasteiger partial charge in [0.05, 0.1) is 0 Å². The molecule has 0 aliphatic heterocycles. The maximum absolute atomic E-state index is 5.65. The fourth-order valence-corrected chi connectivity index (χ4v) is 1.02. The van der Waals surface area contributed by atoms with Gasteiger partial charge in [-0.15, -0.1) is 0 Å². The molecule has 0 amide bonds. The summed E-state index contributed by atoms with van der Waals surface area (Å²) in [5.41, 5.74) is 0. The van der Waals surface area contributed by atoms with Gasteiger partial charge in [-0.25, -0.2) is 0 Å². The van der Waals surface area contributed by atoms with Gasteiger partial charge in [-0.1, -0.05) is 0 Å². The molecule has 1 aromatic carbocycles. The monoisotopic (exact) mass is 217 g/mol. The topological polar surface area (TPSA) is 9.23 Å². The van der Waals surface area contributed by atoms with Gasteiger partial charge in [0, 0.05) is 0 Å². The molecule has 0 aromatic heterocycles. The molecule has 0 saturated carbocycles. The first-order chi connectivity index (χ1) is 4.33. The first-order valence-corrected chi connectivity index (χ1v) is 3.80. The maximum atomic E-state index is 5.65. The van der Waals surface area contributed by atoms with E-state index in [1.165, 1.54) is 0 Å². The molecule has 0 heterocycles. The van der Waals surface area contributed by atoms with Crippen LogP contribution in [0.2, 0.25) is 5.02 Å². The predicted octanol–water partition coefficient (Wildman–Crippen LogP) is 2.18. The van der Waals surface area contributed by atoms with E-state index in [0.717, 1.165) is 35.9 Å². The van der Waals surface area contributed by atoms with Crippen molar-refractivity contribution in [1.29, 1.82) is 0 Å². The summed E-state index contributed by atoms with van der Waals surface area (Å²) < 4.78 is 5.00. The second kappa shape index (κ2) is 3.38. The van der Waals surface area contributed by atoms with Crippen LogP contribution in [0.1, 0.15) is 0 Å². The number of benzene rings is 1. The molecule has 0 atom stereocenters. The van der Waals surface area contributed by atoms with Crippen LogP contribution >= 0.6 is 11.6 Å². The van der Waals surface area contributed by atoms with Gasteiger partial charge in [-0.05, 0) is 0 Å². The Kier molecular flexibility index (Phi) is 2.75. The summed E-state index contributed by atoms with van der Waals surface area (Å²) in [6.07, 6.45) is 0. The van der Waals surface area contributed by atoms with Crippen LogP contribution in [0.25, 0.3) is 0 Å². The first-order valence-electron chi connectivity index (χ1n) is 2.42. The Hall–Kier alpha value is 0.193. The fourth-order valence-electron chi connectivity index (χ4n) is 0.530. The standard InChI is InChI=1S/C6H5ClO.Zr/c7-5-2-1-3-6(8)4-5;/h1-4,8H;/q;+1/p-1. The van der Waals surface area contributed by atoms with E-state index in [1.54, 1.807) is 6.07 Å². The van der Waals surface area contributed by atoms with Gasteiger partial charge in [-0.3, -0.25) is 0 Å².